The fourth-order valence-corrected chi connectivity index (χ4v) is 2.93. The van der Waals surface area contributed by atoms with Crippen molar-refractivity contribution in [2.45, 2.75) is 52.0 Å². The predicted molar refractivity (Wildman–Crippen MR) is 84.5 cm³/mol. The van der Waals surface area contributed by atoms with Crippen molar-refractivity contribution in [3.8, 4) is 0 Å². The molecule has 2 N–H and O–H groups in total. The molecule has 1 amide bonds. The zero-order valence-corrected chi connectivity index (χ0v) is 13.8. The van der Waals surface area contributed by atoms with Gasteiger partial charge in [0.25, 0.3) is 0 Å². The summed E-state index contributed by atoms with van der Waals surface area (Å²) in [7, 11) is 4.10. The zero-order chi connectivity index (χ0) is 15.1. The second-order valence-electron chi connectivity index (χ2n) is 6.89. The minimum Gasteiger partial charge on any atom is -0.341 e. The van der Waals surface area contributed by atoms with Crippen molar-refractivity contribution in [2.75, 3.05) is 33.7 Å². The number of carbonyl (C=O) groups is 1. The third-order valence-electron chi connectivity index (χ3n) is 4.10. The van der Waals surface area contributed by atoms with Crippen molar-refractivity contribution >= 4 is 5.91 Å². The predicted octanol–water partition coefficient (Wildman–Crippen LogP) is 1.94. The van der Waals surface area contributed by atoms with E-state index in [4.69, 9.17) is 5.73 Å². The van der Waals surface area contributed by atoms with E-state index in [2.05, 4.69) is 32.8 Å². The lowest BCUT2D eigenvalue weighted by atomic mass is 9.93. The van der Waals surface area contributed by atoms with E-state index < -0.39 is 0 Å². The molecule has 1 aliphatic carbocycles. The fraction of sp³-hybridized carbons (Fsp3) is 0.938. The molecule has 1 rings (SSSR count). The van der Waals surface area contributed by atoms with Gasteiger partial charge in [0.15, 0.2) is 0 Å². The average Bonchev–Trinajstić information content (AvgIpc) is 2.57. The van der Waals surface area contributed by atoms with Gasteiger partial charge in [-0.3, -0.25) is 4.79 Å². The quantitative estimate of drug-likeness (QED) is 0.758. The third kappa shape index (κ3) is 5.80. The van der Waals surface area contributed by atoms with Crippen LogP contribution in [0.4, 0.5) is 0 Å². The normalized spacial score (nSPS) is 23.9. The molecule has 1 aliphatic rings. The summed E-state index contributed by atoms with van der Waals surface area (Å²) in [6.07, 6.45) is 5.51. The Kier molecular flexibility index (Phi) is 7.52. The molecule has 0 saturated heterocycles. The molecule has 0 heterocycles. The van der Waals surface area contributed by atoms with Crippen LogP contribution in [-0.4, -0.2) is 55.5 Å². The van der Waals surface area contributed by atoms with Crippen molar-refractivity contribution < 1.29 is 4.79 Å². The lowest BCUT2D eigenvalue weighted by molar-refractivity contribution is -0.137. The minimum absolute atomic E-state index is 0.0402. The van der Waals surface area contributed by atoms with Crippen molar-refractivity contribution in [1.82, 2.24) is 9.80 Å². The number of rotatable bonds is 6. The molecule has 0 radical (unpaired) electrons. The first-order valence-electron chi connectivity index (χ1n) is 8.11. The van der Waals surface area contributed by atoms with Crippen molar-refractivity contribution in [2.24, 2.45) is 17.6 Å². The maximum absolute atomic E-state index is 12.8. The summed E-state index contributed by atoms with van der Waals surface area (Å²) in [5.74, 6) is 0.830. The Balaban J connectivity index is 2.68. The summed E-state index contributed by atoms with van der Waals surface area (Å²) in [6, 6.07) is 0.0546. The fourth-order valence-electron chi connectivity index (χ4n) is 2.93. The van der Waals surface area contributed by atoms with Gasteiger partial charge in [0, 0.05) is 25.7 Å². The highest BCUT2D eigenvalue weighted by Gasteiger charge is 2.30. The summed E-state index contributed by atoms with van der Waals surface area (Å²) in [5, 5.41) is 0. The number of carbonyl (C=O) groups excluding carboxylic acids is 1. The third-order valence-corrected chi connectivity index (χ3v) is 4.10. The summed E-state index contributed by atoms with van der Waals surface area (Å²) in [4.78, 5) is 17.0. The molecule has 0 bridgehead atoms. The first-order chi connectivity index (χ1) is 9.41. The average molecular weight is 283 g/mol. The van der Waals surface area contributed by atoms with Gasteiger partial charge < -0.3 is 15.5 Å². The molecular weight excluding hydrogens is 250 g/mol. The van der Waals surface area contributed by atoms with Crippen molar-refractivity contribution in [3.63, 3.8) is 0 Å². The molecule has 0 aromatic rings. The first-order valence-corrected chi connectivity index (χ1v) is 8.11. The highest BCUT2D eigenvalue weighted by Crippen LogP contribution is 2.24. The van der Waals surface area contributed by atoms with E-state index >= 15 is 0 Å². The number of hydrogen-bond acceptors (Lipinski definition) is 3. The van der Waals surface area contributed by atoms with Crippen LogP contribution in [0.5, 0.6) is 0 Å². The topological polar surface area (TPSA) is 49.6 Å². The second-order valence-corrected chi connectivity index (χ2v) is 6.89. The van der Waals surface area contributed by atoms with Gasteiger partial charge in [-0.15, -0.1) is 0 Å². The summed E-state index contributed by atoms with van der Waals surface area (Å²) in [6.45, 7) is 6.91. The van der Waals surface area contributed by atoms with Gasteiger partial charge in [-0.2, -0.15) is 0 Å². The Morgan fingerprint density at radius 1 is 1.15 bits per heavy atom. The van der Waals surface area contributed by atoms with Crippen molar-refractivity contribution in [1.29, 1.82) is 0 Å². The summed E-state index contributed by atoms with van der Waals surface area (Å²) < 4.78 is 0. The van der Waals surface area contributed by atoms with Crippen molar-refractivity contribution in [3.05, 3.63) is 0 Å². The van der Waals surface area contributed by atoms with Crippen LogP contribution in [0.15, 0.2) is 0 Å². The maximum Gasteiger partial charge on any atom is 0.227 e. The molecule has 0 spiro atoms. The molecule has 4 nitrogen and oxygen atoms in total. The van der Waals surface area contributed by atoms with Crippen LogP contribution in [0, 0.1) is 11.8 Å². The van der Waals surface area contributed by atoms with E-state index in [0.29, 0.717) is 5.92 Å². The summed E-state index contributed by atoms with van der Waals surface area (Å²) in [5.41, 5.74) is 6.25. The second kappa shape index (κ2) is 8.63. The number of likely N-dealkylation sites (N-methyl/N-ethyl adjacent to an activating group) is 1. The molecule has 118 valence electrons. The Labute approximate surface area is 124 Å². The molecule has 1 fully saturated rings. The van der Waals surface area contributed by atoms with Gasteiger partial charge in [0.1, 0.15) is 0 Å². The van der Waals surface area contributed by atoms with Gasteiger partial charge in [0.05, 0.1) is 5.92 Å². The van der Waals surface area contributed by atoms with E-state index in [1.807, 2.05) is 4.90 Å². The van der Waals surface area contributed by atoms with Gasteiger partial charge in [-0.25, -0.2) is 0 Å². The SMILES string of the molecule is CC(C)CN(CCN(C)C)C(=O)C1CCCCCC1N. The molecule has 4 heteroatoms. The number of nitrogens with two attached hydrogens (primary N) is 1. The van der Waals surface area contributed by atoms with Gasteiger partial charge in [-0.05, 0) is 32.9 Å². The molecule has 0 aliphatic heterocycles. The van der Waals surface area contributed by atoms with Crippen LogP contribution in [0.3, 0.4) is 0 Å². The van der Waals surface area contributed by atoms with Crippen LogP contribution < -0.4 is 5.73 Å². The highest BCUT2D eigenvalue weighted by atomic mass is 16.2. The van der Waals surface area contributed by atoms with Crippen LogP contribution in [0.1, 0.15) is 46.0 Å². The van der Waals surface area contributed by atoms with E-state index in [1.165, 1.54) is 12.8 Å². The Bertz CT molecular complexity index is 291. The lowest BCUT2D eigenvalue weighted by Crippen LogP contribution is -2.47. The molecule has 2 unspecified atom stereocenters. The first kappa shape index (κ1) is 17.4. The Morgan fingerprint density at radius 2 is 1.80 bits per heavy atom. The van der Waals surface area contributed by atoms with Crippen LogP contribution in [0.2, 0.25) is 0 Å². The molecule has 20 heavy (non-hydrogen) atoms. The molecule has 1 saturated carbocycles. The lowest BCUT2D eigenvalue weighted by Gasteiger charge is -2.31. The number of nitrogens with zero attached hydrogens (tertiary/aromatic N) is 2. The Hall–Kier alpha value is -0.610. The van der Waals surface area contributed by atoms with Gasteiger partial charge >= 0.3 is 0 Å². The van der Waals surface area contributed by atoms with E-state index in [9.17, 15) is 4.79 Å². The largest absolute Gasteiger partial charge is 0.341 e. The van der Waals surface area contributed by atoms with E-state index in [1.54, 1.807) is 0 Å². The number of amides is 1. The van der Waals surface area contributed by atoms with Gasteiger partial charge in [-0.1, -0.05) is 33.1 Å². The van der Waals surface area contributed by atoms with Gasteiger partial charge in [0.2, 0.25) is 5.91 Å². The molecular formula is C16H33N3O. The molecule has 2 atom stereocenters. The van der Waals surface area contributed by atoms with E-state index in [-0.39, 0.29) is 17.9 Å². The van der Waals surface area contributed by atoms with Crippen LogP contribution in [0.25, 0.3) is 0 Å². The summed E-state index contributed by atoms with van der Waals surface area (Å²) >= 11 is 0. The minimum atomic E-state index is 0.0402. The number of hydrogen-bond donors (Lipinski definition) is 1. The monoisotopic (exact) mass is 283 g/mol. The van der Waals surface area contributed by atoms with Crippen LogP contribution in [-0.2, 0) is 4.79 Å². The maximum atomic E-state index is 12.8. The van der Waals surface area contributed by atoms with E-state index in [0.717, 1.165) is 38.9 Å². The zero-order valence-electron chi connectivity index (χ0n) is 13.8. The van der Waals surface area contributed by atoms with Crippen LogP contribution >= 0.6 is 0 Å². The molecule has 0 aromatic carbocycles. The Morgan fingerprint density at radius 3 is 2.40 bits per heavy atom. The standard InChI is InChI=1S/C16H33N3O/c1-13(2)12-19(11-10-18(3)4)16(20)14-8-6-5-7-9-15(14)17/h13-15H,5-12,17H2,1-4H3. The highest BCUT2D eigenvalue weighted by molar-refractivity contribution is 5.79. The molecule has 0 aromatic heterocycles. The smallest absolute Gasteiger partial charge is 0.227 e.